The molecule has 0 aromatic heterocycles. The average Bonchev–Trinajstić information content (AvgIpc) is 2.57. The molecule has 0 heterocycles. The minimum Gasteiger partial charge on any atom is -0.478 e. The van der Waals surface area contributed by atoms with Gasteiger partial charge in [-0.1, -0.05) is 78.4 Å². The Morgan fingerprint density at radius 3 is 1.92 bits per heavy atom. The molecule has 0 fully saturated rings. The van der Waals surface area contributed by atoms with Crippen LogP contribution in [-0.2, 0) is 9.59 Å². The molecule has 0 bridgehead atoms. The van der Waals surface area contributed by atoms with Crippen LogP contribution in [0, 0.1) is 5.92 Å². The molecule has 146 valence electrons. The highest BCUT2D eigenvalue weighted by molar-refractivity contribution is 5.86. The fourth-order valence-corrected chi connectivity index (χ4v) is 2.44. The Morgan fingerprint density at radius 1 is 0.880 bits per heavy atom. The van der Waals surface area contributed by atoms with Crippen LogP contribution in [0.15, 0.2) is 23.8 Å². The minimum absolute atomic E-state index is 0.185. The Bertz CT molecular complexity index is 410. The van der Waals surface area contributed by atoms with Crippen LogP contribution in [-0.4, -0.2) is 22.2 Å². The van der Waals surface area contributed by atoms with Crippen LogP contribution in [0.25, 0.3) is 0 Å². The first kappa shape index (κ1) is 25.7. The van der Waals surface area contributed by atoms with E-state index < -0.39 is 11.9 Å². The van der Waals surface area contributed by atoms with E-state index in [9.17, 15) is 9.59 Å². The van der Waals surface area contributed by atoms with Crippen molar-refractivity contribution in [2.45, 2.75) is 91.9 Å². The number of carbonyl (C=O) groups is 2. The highest BCUT2D eigenvalue weighted by atomic mass is 16.4. The Hall–Kier alpha value is -1.58. The van der Waals surface area contributed by atoms with E-state index in [1.807, 2.05) is 0 Å². The zero-order valence-corrected chi connectivity index (χ0v) is 16.6. The van der Waals surface area contributed by atoms with Gasteiger partial charge < -0.3 is 10.2 Å². The van der Waals surface area contributed by atoms with Gasteiger partial charge in [0.25, 0.3) is 0 Å². The maximum atomic E-state index is 10.8. The van der Waals surface area contributed by atoms with Gasteiger partial charge in [-0.05, 0) is 32.1 Å². The van der Waals surface area contributed by atoms with Crippen molar-refractivity contribution in [2.75, 3.05) is 0 Å². The third kappa shape index (κ3) is 15.7. The summed E-state index contributed by atoms with van der Waals surface area (Å²) >= 11 is 0. The molecule has 4 heteroatoms. The minimum atomic E-state index is -0.830. The summed E-state index contributed by atoms with van der Waals surface area (Å²) < 4.78 is 0. The number of rotatable bonds is 13. The quantitative estimate of drug-likeness (QED) is 0.304. The maximum absolute atomic E-state index is 10.8. The van der Waals surface area contributed by atoms with Crippen molar-refractivity contribution in [3.63, 3.8) is 0 Å². The van der Waals surface area contributed by atoms with E-state index in [1.165, 1.54) is 19.3 Å². The average molecular weight is 355 g/mol. The Morgan fingerprint density at radius 2 is 1.48 bits per heavy atom. The van der Waals surface area contributed by atoms with Gasteiger partial charge in [-0.2, -0.15) is 0 Å². The summed E-state index contributed by atoms with van der Waals surface area (Å²) in [4.78, 5) is 21.0. The second kappa shape index (κ2) is 17.2. The number of carboxylic acid groups (broad SMARTS) is 2. The van der Waals surface area contributed by atoms with Gasteiger partial charge in [-0.3, -0.25) is 0 Å². The number of hydrogen-bond acceptors (Lipinski definition) is 2. The summed E-state index contributed by atoms with van der Waals surface area (Å²) in [6, 6.07) is 0. The van der Waals surface area contributed by atoms with Crippen LogP contribution in [0.4, 0.5) is 0 Å². The predicted molar refractivity (Wildman–Crippen MR) is 105 cm³/mol. The van der Waals surface area contributed by atoms with Gasteiger partial charge in [0.2, 0.25) is 0 Å². The van der Waals surface area contributed by atoms with Crippen molar-refractivity contribution >= 4 is 11.9 Å². The van der Waals surface area contributed by atoms with E-state index in [4.69, 9.17) is 10.2 Å². The highest BCUT2D eigenvalue weighted by Crippen LogP contribution is 2.23. The van der Waals surface area contributed by atoms with Crippen molar-refractivity contribution in [1.29, 1.82) is 0 Å². The van der Waals surface area contributed by atoms with E-state index in [-0.39, 0.29) is 5.92 Å². The lowest BCUT2D eigenvalue weighted by Crippen LogP contribution is -2.11. The predicted octanol–water partition coefficient (Wildman–Crippen LogP) is 6.22. The highest BCUT2D eigenvalue weighted by Gasteiger charge is 2.16. The summed E-state index contributed by atoms with van der Waals surface area (Å²) in [5.74, 6) is -1.45. The standard InChI is InChI=1S/C13H24O2.C8H14O2/c1-4-6-7-8-10-12(9-5-2)11(3)13(14)15;1-3-4-5-6-7(2)8(9)10/h12H,3-10H2,1-2H3,(H,14,15);6H,3-5H2,1-2H3,(H,9,10)/b;7-6+. The van der Waals surface area contributed by atoms with Crippen molar-refractivity contribution in [1.82, 2.24) is 0 Å². The van der Waals surface area contributed by atoms with E-state index in [2.05, 4.69) is 27.4 Å². The lowest BCUT2D eigenvalue weighted by molar-refractivity contribution is -0.134. The first-order chi connectivity index (χ1) is 11.8. The summed E-state index contributed by atoms with van der Waals surface area (Å²) in [6.45, 7) is 11.7. The molecule has 1 unspecified atom stereocenters. The molecule has 0 aromatic rings. The lowest BCUT2D eigenvalue weighted by Gasteiger charge is -2.15. The lowest BCUT2D eigenvalue weighted by atomic mass is 9.90. The number of allylic oxidation sites excluding steroid dienone is 1. The Kier molecular flexibility index (Phi) is 17.7. The summed E-state index contributed by atoms with van der Waals surface area (Å²) in [5.41, 5.74) is 0.849. The van der Waals surface area contributed by atoms with Crippen LogP contribution < -0.4 is 0 Å². The summed E-state index contributed by atoms with van der Waals surface area (Å²) in [7, 11) is 0. The van der Waals surface area contributed by atoms with Crippen molar-refractivity contribution in [3.05, 3.63) is 23.8 Å². The Balaban J connectivity index is 0. The number of hydrogen-bond donors (Lipinski definition) is 2. The molecule has 0 aliphatic carbocycles. The number of aliphatic carboxylic acids is 2. The zero-order valence-electron chi connectivity index (χ0n) is 16.6. The molecule has 0 saturated carbocycles. The first-order valence-electron chi connectivity index (χ1n) is 9.63. The number of unbranched alkanes of at least 4 members (excludes halogenated alkanes) is 5. The molecule has 0 aliphatic rings. The van der Waals surface area contributed by atoms with E-state index in [1.54, 1.807) is 13.0 Å². The molecular weight excluding hydrogens is 316 g/mol. The van der Waals surface area contributed by atoms with Crippen LogP contribution in [0.5, 0.6) is 0 Å². The molecule has 0 rings (SSSR count). The van der Waals surface area contributed by atoms with Crippen molar-refractivity contribution < 1.29 is 19.8 Å². The van der Waals surface area contributed by atoms with Crippen molar-refractivity contribution in [3.8, 4) is 0 Å². The maximum Gasteiger partial charge on any atom is 0.331 e. The van der Waals surface area contributed by atoms with Gasteiger partial charge in [0.15, 0.2) is 0 Å². The molecule has 0 amide bonds. The van der Waals surface area contributed by atoms with Gasteiger partial charge in [0, 0.05) is 11.1 Å². The van der Waals surface area contributed by atoms with Gasteiger partial charge in [0.05, 0.1) is 0 Å². The zero-order chi connectivity index (χ0) is 19.7. The summed E-state index contributed by atoms with van der Waals surface area (Å²) in [5, 5.41) is 17.3. The molecule has 1 atom stereocenters. The second-order valence-electron chi connectivity index (χ2n) is 6.50. The largest absolute Gasteiger partial charge is 0.478 e. The molecule has 4 nitrogen and oxygen atoms in total. The van der Waals surface area contributed by atoms with Gasteiger partial charge in [-0.25, -0.2) is 9.59 Å². The molecule has 0 spiro atoms. The van der Waals surface area contributed by atoms with Crippen LogP contribution in [0.3, 0.4) is 0 Å². The monoisotopic (exact) mass is 354 g/mol. The van der Waals surface area contributed by atoms with E-state index >= 15 is 0 Å². The normalized spacial score (nSPS) is 12.1. The Labute approximate surface area is 154 Å². The molecule has 0 aliphatic heterocycles. The topological polar surface area (TPSA) is 74.6 Å². The van der Waals surface area contributed by atoms with Crippen LogP contribution >= 0.6 is 0 Å². The van der Waals surface area contributed by atoms with Gasteiger partial charge in [0.1, 0.15) is 0 Å². The third-order valence-electron chi connectivity index (χ3n) is 4.16. The van der Waals surface area contributed by atoms with Gasteiger partial charge in [-0.15, -0.1) is 0 Å². The third-order valence-corrected chi connectivity index (χ3v) is 4.16. The van der Waals surface area contributed by atoms with Crippen LogP contribution in [0.2, 0.25) is 0 Å². The first-order valence-corrected chi connectivity index (χ1v) is 9.63. The fraction of sp³-hybridized carbons (Fsp3) is 0.714. The summed E-state index contributed by atoms with van der Waals surface area (Å²) in [6.07, 6.45) is 12.6. The SMILES string of the molecule is C=C(C(=O)O)C(CCC)CCCCCC.CCCC/C=C(\C)C(=O)O. The molecule has 0 saturated heterocycles. The molecule has 0 aromatic carbocycles. The van der Waals surface area contributed by atoms with E-state index in [0.717, 1.165) is 44.9 Å². The molecule has 25 heavy (non-hydrogen) atoms. The van der Waals surface area contributed by atoms with Crippen molar-refractivity contribution in [2.24, 2.45) is 5.92 Å². The molecular formula is C21H38O4. The molecule has 2 N–H and O–H groups in total. The number of carboxylic acids is 2. The molecule has 0 radical (unpaired) electrons. The van der Waals surface area contributed by atoms with E-state index in [0.29, 0.717) is 11.1 Å². The fourth-order valence-electron chi connectivity index (χ4n) is 2.44. The van der Waals surface area contributed by atoms with Gasteiger partial charge >= 0.3 is 11.9 Å². The second-order valence-corrected chi connectivity index (χ2v) is 6.50. The smallest absolute Gasteiger partial charge is 0.331 e. The van der Waals surface area contributed by atoms with Crippen LogP contribution in [0.1, 0.15) is 91.9 Å².